The van der Waals surface area contributed by atoms with E-state index in [9.17, 15) is 0 Å². The summed E-state index contributed by atoms with van der Waals surface area (Å²) in [6.07, 6.45) is 0.751. The van der Waals surface area contributed by atoms with Gasteiger partial charge >= 0.3 is 0 Å². The SMILES string of the molecule is COc1ccc(OC)c(Cc2sc(N)nc2C)c1. The molecular weight excluding hydrogens is 248 g/mol. The highest BCUT2D eigenvalue weighted by Crippen LogP contribution is 2.29. The van der Waals surface area contributed by atoms with Gasteiger partial charge in [-0.3, -0.25) is 0 Å². The minimum Gasteiger partial charge on any atom is -0.497 e. The Kier molecular flexibility index (Phi) is 3.72. The number of rotatable bonds is 4. The van der Waals surface area contributed by atoms with E-state index >= 15 is 0 Å². The third kappa shape index (κ3) is 2.56. The van der Waals surface area contributed by atoms with Crippen LogP contribution in [0, 0.1) is 6.92 Å². The van der Waals surface area contributed by atoms with E-state index in [0.29, 0.717) is 5.13 Å². The van der Waals surface area contributed by atoms with Gasteiger partial charge in [0.25, 0.3) is 0 Å². The molecule has 96 valence electrons. The Morgan fingerprint density at radius 1 is 1.28 bits per heavy atom. The highest BCUT2D eigenvalue weighted by atomic mass is 32.1. The largest absolute Gasteiger partial charge is 0.497 e. The van der Waals surface area contributed by atoms with Gasteiger partial charge in [0, 0.05) is 16.9 Å². The van der Waals surface area contributed by atoms with Gasteiger partial charge < -0.3 is 15.2 Å². The first-order chi connectivity index (χ1) is 8.63. The number of aromatic nitrogens is 1. The fourth-order valence-electron chi connectivity index (χ4n) is 1.81. The minimum absolute atomic E-state index is 0.601. The topological polar surface area (TPSA) is 57.4 Å². The van der Waals surface area contributed by atoms with Gasteiger partial charge in [-0.2, -0.15) is 0 Å². The zero-order chi connectivity index (χ0) is 13.1. The number of ether oxygens (including phenoxy) is 2. The molecule has 5 heteroatoms. The number of nitrogens with zero attached hydrogens (tertiary/aromatic N) is 1. The summed E-state index contributed by atoms with van der Waals surface area (Å²) in [5, 5.41) is 0.601. The Hall–Kier alpha value is -1.75. The fraction of sp³-hybridized carbons (Fsp3) is 0.308. The molecule has 0 fully saturated rings. The Morgan fingerprint density at radius 3 is 2.61 bits per heavy atom. The molecule has 0 radical (unpaired) electrons. The summed E-state index contributed by atoms with van der Waals surface area (Å²) < 4.78 is 10.6. The van der Waals surface area contributed by atoms with Crippen LogP contribution >= 0.6 is 11.3 Å². The van der Waals surface area contributed by atoms with Crippen LogP contribution in [0.3, 0.4) is 0 Å². The monoisotopic (exact) mass is 264 g/mol. The third-order valence-electron chi connectivity index (χ3n) is 2.75. The Morgan fingerprint density at radius 2 is 2.06 bits per heavy atom. The van der Waals surface area contributed by atoms with Crippen LogP contribution in [-0.4, -0.2) is 19.2 Å². The molecule has 0 aliphatic heterocycles. The molecule has 0 aliphatic rings. The smallest absolute Gasteiger partial charge is 0.180 e. The standard InChI is InChI=1S/C13H16N2O2S/c1-8-12(18-13(14)15-8)7-9-6-10(16-2)4-5-11(9)17-3/h4-6H,7H2,1-3H3,(H2,14,15). The van der Waals surface area contributed by atoms with Crippen molar-refractivity contribution >= 4 is 16.5 Å². The maximum atomic E-state index is 5.71. The predicted octanol–water partition coefficient (Wildman–Crippen LogP) is 2.64. The molecule has 0 amide bonds. The molecule has 2 rings (SSSR count). The summed E-state index contributed by atoms with van der Waals surface area (Å²) in [7, 11) is 3.32. The average molecular weight is 264 g/mol. The van der Waals surface area contributed by atoms with E-state index in [-0.39, 0.29) is 0 Å². The molecule has 18 heavy (non-hydrogen) atoms. The highest BCUT2D eigenvalue weighted by molar-refractivity contribution is 7.15. The molecule has 1 heterocycles. The first-order valence-corrected chi connectivity index (χ1v) is 6.38. The van der Waals surface area contributed by atoms with Crippen LogP contribution in [0.15, 0.2) is 18.2 Å². The maximum Gasteiger partial charge on any atom is 0.180 e. The summed E-state index contributed by atoms with van der Waals surface area (Å²) in [5.74, 6) is 1.67. The molecule has 1 aromatic heterocycles. The average Bonchev–Trinajstić information content (AvgIpc) is 2.67. The van der Waals surface area contributed by atoms with Crippen LogP contribution in [-0.2, 0) is 6.42 Å². The number of benzene rings is 1. The van der Waals surface area contributed by atoms with Crippen molar-refractivity contribution in [2.24, 2.45) is 0 Å². The van der Waals surface area contributed by atoms with Crippen LogP contribution in [0.2, 0.25) is 0 Å². The van der Waals surface area contributed by atoms with Crippen LogP contribution in [0.1, 0.15) is 16.1 Å². The first-order valence-electron chi connectivity index (χ1n) is 5.56. The second kappa shape index (κ2) is 5.27. The van der Waals surface area contributed by atoms with Gasteiger partial charge in [-0.25, -0.2) is 4.98 Å². The number of nitrogen functional groups attached to an aromatic ring is 1. The van der Waals surface area contributed by atoms with Crippen molar-refractivity contribution in [2.75, 3.05) is 20.0 Å². The quantitative estimate of drug-likeness (QED) is 0.922. The normalized spacial score (nSPS) is 10.4. The molecule has 2 aromatic rings. The molecule has 0 aliphatic carbocycles. The highest BCUT2D eigenvalue weighted by Gasteiger charge is 2.11. The predicted molar refractivity (Wildman–Crippen MR) is 73.6 cm³/mol. The number of hydrogen-bond donors (Lipinski definition) is 1. The van der Waals surface area contributed by atoms with Gasteiger partial charge in [0.1, 0.15) is 11.5 Å². The Labute approximate surface area is 110 Å². The van der Waals surface area contributed by atoms with E-state index in [0.717, 1.165) is 34.1 Å². The van der Waals surface area contributed by atoms with Crippen molar-refractivity contribution in [1.29, 1.82) is 0 Å². The number of aryl methyl sites for hydroxylation is 1. The van der Waals surface area contributed by atoms with Crippen LogP contribution in [0.4, 0.5) is 5.13 Å². The molecular formula is C13H16N2O2S. The molecule has 0 unspecified atom stereocenters. The summed E-state index contributed by atoms with van der Waals surface area (Å²) in [6, 6.07) is 5.78. The first kappa shape index (κ1) is 12.7. The van der Waals surface area contributed by atoms with E-state index < -0.39 is 0 Å². The number of methoxy groups -OCH3 is 2. The number of thiazole rings is 1. The zero-order valence-electron chi connectivity index (χ0n) is 10.7. The van der Waals surface area contributed by atoms with Gasteiger partial charge in [-0.05, 0) is 25.1 Å². The molecule has 0 atom stereocenters. The van der Waals surface area contributed by atoms with Gasteiger partial charge in [0.2, 0.25) is 0 Å². The number of hydrogen-bond acceptors (Lipinski definition) is 5. The van der Waals surface area contributed by atoms with Gasteiger partial charge in [-0.15, -0.1) is 11.3 Å². The molecule has 0 bridgehead atoms. The molecule has 0 saturated carbocycles. The van der Waals surface area contributed by atoms with E-state index in [1.807, 2.05) is 25.1 Å². The molecule has 1 aromatic carbocycles. The van der Waals surface area contributed by atoms with Crippen LogP contribution < -0.4 is 15.2 Å². The second-order valence-corrected chi connectivity index (χ2v) is 5.03. The zero-order valence-corrected chi connectivity index (χ0v) is 11.5. The lowest BCUT2D eigenvalue weighted by molar-refractivity contribution is 0.399. The minimum atomic E-state index is 0.601. The maximum absolute atomic E-state index is 5.71. The van der Waals surface area contributed by atoms with E-state index in [1.165, 1.54) is 11.3 Å². The molecule has 4 nitrogen and oxygen atoms in total. The lowest BCUT2D eigenvalue weighted by Crippen LogP contribution is -1.95. The number of nitrogens with two attached hydrogens (primary N) is 1. The second-order valence-electron chi connectivity index (χ2n) is 3.92. The van der Waals surface area contributed by atoms with Crippen molar-refractivity contribution in [3.63, 3.8) is 0 Å². The summed E-state index contributed by atoms with van der Waals surface area (Å²) in [4.78, 5) is 5.38. The third-order valence-corrected chi connectivity index (χ3v) is 3.73. The van der Waals surface area contributed by atoms with Crippen LogP contribution in [0.5, 0.6) is 11.5 Å². The molecule has 0 saturated heterocycles. The number of anilines is 1. The van der Waals surface area contributed by atoms with Gasteiger partial charge in [-0.1, -0.05) is 0 Å². The van der Waals surface area contributed by atoms with Gasteiger partial charge in [0.15, 0.2) is 5.13 Å². The van der Waals surface area contributed by atoms with Crippen LogP contribution in [0.25, 0.3) is 0 Å². The molecule has 0 spiro atoms. The summed E-state index contributed by atoms with van der Waals surface area (Å²) in [6.45, 7) is 1.97. The lowest BCUT2D eigenvalue weighted by atomic mass is 10.1. The molecule has 2 N–H and O–H groups in total. The van der Waals surface area contributed by atoms with Crippen molar-refractivity contribution < 1.29 is 9.47 Å². The Bertz CT molecular complexity index is 552. The van der Waals surface area contributed by atoms with E-state index in [2.05, 4.69) is 4.98 Å². The summed E-state index contributed by atoms with van der Waals surface area (Å²) >= 11 is 1.51. The van der Waals surface area contributed by atoms with Crippen molar-refractivity contribution in [3.8, 4) is 11.5 Å². The van der Waals surface area contributed by atoms with E-state index in [4.69, 9.17) is 15.2 Å². The lowest BCUT2D eigenvalue weighted by Gasteiger charge is -2.09. The fourth-order valence-corrected chi connectivity index (χ4v) is 2.66. The van der Waals surface area contributed by atoms with Gasteiger partial charge in [0.05, 0.1) is 19.9 Å². The Balaban J connectivity index is 2.35. The summed E-state index contributed by atoms with van der Waals surface area (Å²) in [5.41, 5.74) is 7.76. The van der Waals surface area contributed by atoms with E-state index in [1.54, 1.807) is 14.2 Å². The van der Waals surface area contributed by atoms with Crippen molar-refractivity contribution in [1.82, 2.24) is 4.98 Å². The van der Waals surface area contributed by atoms with Crippen molar-refractivity contribution in [2.45, 2.75) is 13.3 Å². The van der Waals surface area contributed by atoms with Crippen molar-refractivity contribution in [3.05, 3.63) is 34.3 Å².